The number of halogens is 6. The van der Waals surface area contributed by atoms with Gasteiger partial charge in [-0.05, 0) is 266 Å². The predicted octanol–water partition coefficient (Wildman–Crippen LogP) is 24.1. The highest BCUT2D eigenvalue weighted by Crippen LogP contribution is 2.45. The van der Waals surface area contributed by atoms with Gasteiger partial charge in [-0.1, -0.05) is 142 Å². The summed E-state index contributed by atoms with van der Waals surface area (Å²) < 4.78 is 38.9. The number of ether oxygens (including phenoxy) is 2. The van der Waals surface area contributed by atoms with Gasteiger partial charge < -0.3 is 42.3 Å². The maximum atomic E-state index is 9.19. The second kappa shape index (κ2) is 47.0. The topological polar surface area (TPSA) is 332 Å². The smallest absolute Gasteiger partial charge is 0.398 e. The summed E-state index contributed by atoms with van der Waals surface area (Å²) in [6, 6.07) is 77.4. The fourth-order valence-electron chi connectivity index (χ4n) is 14.4. The van der Waals surface area contributed by atoms with E-state index in [0.29, 0.717) is 37.3 Å². The molecule has 26 nitrogen and oxygen atoms in total. The number of rotatable bonds is 19. The molecule has 3 aliphatic heterocycles. The zero-order valence-electron chi connectivity index (χ0n) is 74.8. The van der Waals surface area contributed by atoms with E-state index in [1.807, 2.05) is 259 Å². The third kappa shape index (κ3) is 24.6. The Balaban J connectivity index is 0.000000143. The summed E-state index contributed by atoms with van der Waals surface area (Å²) >= 11 is 32.8. The van der Waals surface area contributed by atoms with Gasteiger partial charge in [0, 0.05) is 135 Å². The Bertz CT molecular complexity index is 6820. The van der Waals surface area contributed by atoms with Gasteiger partial charge in [0.2, 0.25) is 0 Å². The number of nitrogens with one attached hydrogen (secondary N) is 1. The number of imidazole rings is 4. The number of H-pyrrole nitrogens is 1. The standard InChI is InChI=1S/C25H22ClN5OS.C22H18ClN5S.C20H14ClN5S.C17H11ClIN3S.C14H23BN2O3.ClH.H3NO/c1-30-24(21-13-14-28-31(21)22-4-2-3-15-32-22)29-23(18-7-5-17(16-27)6-8-18)25(30)33-20-11-9-19(26)10-12-20;1-3-28-13-12-19(26-28)21-25-20(16-6-4-15(14-24)5-7-16)22(27(21)2)29-18-10-8-17(23)9-11-18;1-26-19(17-10-11-23-25-17)24-18(14-4-2-13(12-22)3-5-14)20(26)27-16-8-6-15(21)7-9-16;1-22-16(23-14-8-6-13(18)7-9-14)15(21-17(22)19)12-4-2-11(10-20)3-5-12;1-13(2)14(3,4)20-15(19-13)11-8-9-16-17(11)12-7-5-6-10-18-12;;1-2/h5-14,22H,2-4,15H2,1H3;4-13H,3H2,1-2H3;2-11H,1H3,(H,23,25);2-9H,1H3;8-9,12H,5-7,10H2,1-4H3;1H;2H,1H2. The number of hydrogen-bond acceptors (Lipinski definition) is 22. The van der Waals surface area contributed by atoms with Crippen molar-refractivity contribution in [2.24, 2.45) is 34.1 Å². The van der Waals surface area contributed by atoms with Gasteiger partial charge in [-0.3, -0.25) is 9.78 Å². The van der Waals surface area contributed by atoms with Gasteiger partial charge in [-0.15, -0.1) is 12.4 Å². The first kappa shape index (κ1) is 101. The van der Waals surface area contributed by atoms with Crippen LogP contribution in [0.25, 0.3) is 79.6 Å². The van der Waals surface area contributed by atoms with Crippen molar-refractivity contribution < 1.29 is 24.0 Å². The van der Waals surface area contributed by atoms with Gasteiger partial charge in [0.15, 0.2) is 27.5 Å². The molecule has 135 heavy (non-hydrogen) atoms. The van der Waals surface area contributed by atoms with Gasteiger partial charge in [0.1, 0.15) is 66.2 Å². The lowest BCUT2D eigenvalue weighted by atomic mass is 9.84. The highest BCUT2D eigenvalue weighted by Gasteiger charge is 2.53. The van der Waals surface area contributed by atoms with Crippen LogP contribution in [0.3, 0.4) is 0 Å². The lowest BCUT2D eigenvalue weighted by Gasteiger charge is -2.32. The Morgan fingerprint density at radius 1 is 0.452 bits per heavy atom. The molecule has 16 aromatic rings. The molecule has 3 fully saturated rings. The lowest BCUT2D eigenvalue weighted by Crippen LogP contribution is -2.42. The minimum absolute atomic E-state index is 0. The second-order valence-electron chi connectivity index (χ2n) is 31.6. The first-order valence-corrected chi connectivity index (χ1v) is 48.4. The maximum absolute atomic E-state index is 9.19. The van der Waals surface area contributed by atoms with Crippen LogP contribution < -0.4 is 11.5 Å². The molecule has 8 aromatic carbocycles. The molecule has 0 spiro atoms. The Morgan fingerprint density at radius 2 is 0.807 bits per heavy atom. The Kier molecular flexibility index (Phi) is 35.3. The van der Waals surface area contributed by atoms with Crippen molar-refractivity contribution >= 4 is 141 Å². The Hall–Kier alpha value is -11.2. The molecule has 3 aliphatic rings. The van der Waals surface area contributed by atoms with E-state index in [1.165, 1.54) is 6.42 Å². The van der Waals surface area contributed by atoms with E-state index in [-0.39, 0.29) is 43.2 Å². The van der Waals surface area contributed by atoms with Crippen molar-refractivity contribution in [1.29, 1.82) is 21.0 Å². The molecule has 19 rings (SSSR count). The van der Waals surface area contributed by atoms with E-state index in [1.54, 1.807) is 77.8 Å². The molecule has 0 radical (unpaired) electrons. The number of hydrogen-bond donors (Lipinski definition) is 3. The lowest BCUT2D eigenvalue weighted by molar-refractivity contribution is -0.0384. The van der Waals surface area contributed by atoms with Crippen molar-refractivity contribution in [3.8, 4) is 104 Å². The molecular formula is C98H92BCl5IN21O5S4. The zero-order valence-corrected chi connectivity index (χ0v) is 84.0. The van der Waals surface area contributed by atoms with Crippen molar-refractivity contribution in [3.05, 3.63) is 289 Å². The Labute approximate surface area is 840 Å². The summed E-state index contributed by atoms with van der Waals surface area (Å²) in [6.07, 6.45) is 13.6. The van der Waals surface area contributed by atoms with Crippen LogP contribution in [0.15, 0.2) is 283 Å². The van der Waals surface area contributed by atoms with Gasteiger partial charge in [-0.2, -0.15) is 41.4 Å². The largest absolute Gasteiger partial charge is 0.514 e. The summed E-state index contributed by atoms with van der Waals surface area (Å²) in [7, 11) is 7.62. The van der Waals surface area contributed by atoms with Crippen molar-refractivity contribution in [3.63, 3.8) is 0 Å². The Morgan fingerprint density at radius 3 is 1.18 bits per heavy atom. The molecule has 11 heterocycles. The number of aryl methyl sites for hydroxylation is 1. The molecule has 2 unspecified atom stereocenters. The second-order valence-corrected chi connectivity index (χ2v) is 38.6. The monoisotopic (exact) mass is 2080 g/mol. The fraction of sp³-hybridized carbons (Fsp3) is 0.224. The molecule has 3 saturated heterocycles. The number of aromatic amines is 1. The van der Waals surface area contributed by atoms with Crippen LogP contribution >= 0.6 is 128 Å². The van der Waals surface area contributed by atoms with E-state index in [2.05, 4.69) is 132 Å². The quantitative estimate of drug-likeness (QED) is 0.0384. The molecule has 4 N–H and O–H groups in total. The minimum Gasteiger partial charge on any atom is -0.398 e. The average Bonchev–Trinajstić information content (AvgIpc) is 1.63. The normalized spacial score (nSPS) is 14.5. The van der Waals surface area contributed by atoms with Crippen molar-refractivity contribution in [1.82, 2.24) is 77.7 Å². The van der Waals surface area contributed by atoms with E-state index in [0.717, 1.165) is 186 Å². The highest BCUT2D eigenvalue weighted by molar-refractivity contribution is 14.1. The van der Waals surface area contributed by atoms with Gasteiger partial charge in [0.25, 0.3) is 0 Å². The maximum Gasteiger partial charge on any atom is 0.514 e. The van der Waals surface area contributed by atoms with Crippen LogP contribution in [0.4, 0.5) is 0 Å². The molecule has 0 amide bonds. The van der Waals surface area contributed by atoms with Gasteiger partial charge in [-0.25, -0.2) is 35.2 Å². The molecule has 0 bridgehead atoms. The molecule has 8 aromatic heterocycles. The zero-order chi connectivity index (χ0) is 94.7. The van der Waals surface area contributed by atoms with Crippen LogP contribution in [0.5, 0.6) is 0 Å². The minimum atomic E-state index is -0.381. The molecule has 0 saturated carbocycles. The summed E-state index contributed by atoms with van der Waals surface area (Å²) in [5.41, 5.74) is 12.7. The van der Waals surface area contributed by atoms with E-state index in [9.17, 15) is 5.26 Å². The first-order valence-electron chi connectivity index (χ1n) is 42.5. The number of nitrogens with zero attached hydrogens (tertiary/aromatic N) is 19. The number of nitrogens with two attached hydrogens (primary N) is 1. The predicted molar refractivity (Wildman–Crippen MR) is 543 cm³/mol. The van der Waals surface area contributed by atoms with Crippen LogP contribution in [0.2, 0.25) is 20.1 Å². The molecular weight excluding hydrogens is 1990 g/mol. The summed E-state index contributed by atoms with van der Waals surface area (Å²) in [5.74, 6) is 5.91. The van der Waals surface area contributed by atoms with Crippen molar-refractivity contribution in [2.75, 3.05) is 13.2 Å². The van der Waals surface area contributed by atoms with Crippen molar-refractivity contribution in [2.45, 2.75) is 143 Å². The first-order chi connectivity index (χ1) is 64.9. The number of nitriles is 4. The SMILES string of the molecule is CC1(C)OB(c2ccnn2C2CCCCO2)OC1(C)C.CCn1ccc(-c2nc(-c3ccc(C#N)cc3)c(Sc3ccc(Cl)cc3)n2C)n1.Cl.Cn1c(-c2ccn[nH]2)nc(-c2ccc(C#N)cc2)c1Sc1ccc(Cl)cc1.Cn1c(-c2ccnn2C2CCCCO2)nc(-c2ccc(C#N)cc2)c1Sc1ccc(Cl)cc1.Cn1c(I)nc(-c2ccc(C#N)cc2)c1Sc1ccc(Cl)cc1.NO. The summed E-state index contributed by atoms with van der Waals surface area (Å²) in [6.45, 7) is 12.6. The fourth-order valence-corrected chi connectivity index (χ4v) is 19.5. The molecule has 37 heteroatoms. The van der Waals surface area contributed by atoms with Gasteiger partial charge in [0.05, 0.1) is 63.3 Å². The van der Waals surface area contributed by atoms with Crippen LogP contribution in [-0.2, 0) is 53.5 Å². The molecule has 0 aliphatic carbocycles. The van der Waals surface area contributed by atoms with E-state index >= 15 is 0 Å². The third-order valence-corrected chi connectivity index (χ3v) is 28.9. The molecule has 2 atom stereocenters. The van der Waals surface area contributed by atoms with Crippen LogP contribution in [-0.4, -0.2) is 114 Å². The number of aromatic nitrogens is 16. The van der Waals surface area contributed by atoms with E-state index < -0.39 is 0 Å². The average molecular weight is 2090 g/mol. The van der Waals surface area contributed by atoms with E-state index in [4.69, 9.17) is 101 Å². The summed E-state index contributed by atoms with van der Waals surface area (Å²) in [5, 5.41) is 70.2. The summed E-state index contributed by atoms with van der Waals surface area (Å²) in [4.78, 5) is 23.8. The number of benzene rings is 8. The molecule has 688 valence electrons. The van der Waals surface area contributed by atoms with Crippen LogP contribution in [0.1, 0.15) is 108 Å². The van der Waals surface area contributed by atoms with Crippen LogP contribution in [0, 0.1) is 49.2 Å². The third-order valence-electron chi connectivity index (χ3n) is 22.3. The van der Waals surface area contributed by atoms with Gasteiger partial charge >= 0.3 is 7.12 Å². The highest BCUT2D eigenvalue weighted by atomic mass is 127.